The van der Waals surface area contributed by atoms with Crippen molar-refractivity contribution in [3.8, 4) is 5.75 Å². The van der Waals surface area contributed by atoms with Crippen LogP contribution < -0.4 is 10.5 Å². The molecular weight excluding hydrogens is 236 g/mol. The van der Waals surface area contributed by atoms with Crippen molar-refractivity contribution in [3.63, 3.8) is 0 Å². The molecule has 2 N–H and O–H groups in total. The Morgan fingerprint density at radius 2 is 2.16 bits per heavy atom. The number of hydrogen-bond acceptors (Lipinski definition) is 3. The quantitative estimate of drug-likeness (QED) is 0.853. The molecule has 0 radical (unpaired) electrons. The van der Waals surface area contributed by atoms with Crippen LogP contribution in [0.1, 0.15) is 25.0 Å². The Morgan fingerprint density at radius 3 is 2.84 bits per heavy atom. The van der Waals surface area contributed by atoms with Crippen LogP contribution in [0, 0.1) is 5.92 Å². The summed E-state index contributed by atoms with van der Waals surface area (Å²) in [5.41, 5.74) is 8.62. The maximum atomic E-state index is 5.86. The van der Waals surface area contributed by atoms with Gasteiger partial charge in [0.25, 0.3) is 0 Å². The van der Waals surface area contributed by atoms with Gasteiger partial charge >= 0.3 is 0 Å². The molecule has 0 saturated heterocycles. The summed E-state index contributed by atoms with van der Waals surface area (Å²) in [5, 5.41) is 0. The monoisotopic (exact) mass is 262 g/mol. The lowest BCUT2D eigenvalue weighted by molar-refractivity contribution is 0.199. The van der Waals surface area contributed by atoms with Crippen LogP contribution in [0.15, 0.2) is 18.2 Å². The smallest absolute Gasteiger partial charge is 0.122 e. The van der Waals surface area contributed by atoms with Gasteiger partial charge in [0.05, 0.1) is 6.61 Å². The number of rotatable bonds is 6. The molecule has 1 aromatic rings. The molecule has 0 saturated carbocycles. The van der Waals surface area contributed by atoms with E-state index >= 15 is 0 Å². The SMILES string of the molecule is CC(C)C(CN)N(C)CCc1ccc2c(c1)CCO2. The number of likely N-dealkylation sites (N-methyl/N-ethyl adjacent to an activating group) is 1. The Morgan fingerprint density at radius 1 is 1.37 bits per heavy atom. The summed E-state index contributed by atoms with van der Waals surface area (Å²) in [6, 6.07) is 7.06. The van der Waals surface area contributed by atoms with Gasteiger partial charge in [0, 0.05) is 25.6 Å². The Balaban J connectivity index is 1.91. The molecule has 0 amide bonds. The molecule has 1 aromatic carbocycles. The van der Waals surface area contributed by atoms with Crippen molar-refractivity contribution in [2.75, 3.05) is 26.7 Å². The van der Waals surface area contributed by atoms with E-state index < -0.39 is 0 Å². The number of benzene rings is 1. The summed E-state index contributed by atoms with van der Waals surface area (Å²) >= 11 is 0. The van der Waals surface area contributed by atoms with Gasteiger partial charge in [0.2, 0.25) is 0 Å². The first kappa shape index (κ1) is 14.4. The number of nitrogens with zero attached hydrogens (tertiary/aromatic N) is 1. The maximum absolute atomic E-state index is 5.86. The minimum atomic E-state index is 0.470. The molecule has 106 valence electrons. The van der Waals surface area contributed by atoms with Crippen LogP contribution in [0.3, 0.4) is 0 Å². The van der Waals surface area contributed by atoms with Crippen LogP contribution in [0.5, 0.6) is 5.75 Å². The largest absolute Gasteiger partial charge is 0.493 e. The Bertz CT molecular complexity index is 417. The average Bonchev–Trinajstić information content (AvgIpc) is 2.84. The topological polar surface area (TPSA) is 38.5 Å². The fraction of sp³-hybridized carbons (Fsp3) is 0.625. The molecule has 0 spiro atoms. The molecule has 0 aromatic heterocycles. The first-order chi connectivity index (χ1) is 9.11. The van der Waals surface area contributed by atoms with Crippen molar-refractivity contribution in [2.24, 2.45) is 11.7 Å². The zero-order valence-corrected chi connectivity index (χ0v) is 12.4. The normalized spacial score (nSPS) is 15.7. The van der Waals surface area contributed by atoms with Crippen molar-refractivity contribution < 1.29 is 4.74 Å². The Kier molecular flexibility index (Phi) is 4.83. The molecule has 0 bridgehead atoms. The van der Waals surface area contributed by atoms with Crippen LogP contribution in [-0.4, -0.2) is 37.7 Å². The summed E-state index contributed by atoms with van der Waals surface area (Å²) in [6.07, 6.45) is 2.13. The van der Waals surface area contributed by atoms with Gasteiger partial charge in [-0.25, -0.2) is 0 Å². The molecule has 2 rings (SSSR count). The summed E-state index contributed by atoms with van der Waals surface area (Å²) < 4.78 is 5.54. The van der Waals surface area contributed by atoms with E-state index in [1.54, 1.807) is 0 Å². The van der Waals surface area contributed by atoms with Crippen LogP contribution in [0.2, 0.25) is 0 Å². The summed E-state index contributed by atoms with van der Waals surface area (Å²) in [5.74, 6) is 1.67. The van der Waals surface area contributed by atoms with Gasteiger partial charge in [-0.1, -0.05) is 26.0 Å². The lowest BCUT2D eigenvalue weighted by Gasteiger charge is -2.30. The lowest BCUT2D eigenvalue weighted by atomic mass is 10.0. The molecule has 1 unspecified atom stereocenters. The second kappa shape index (κ2) is 6.40. The molecule has 1 atom stereocenters. The predicted octanol–water partition coefficient (Wildman–Crippen LogP) is 2.08. The van der Waals surface area contributed by atoms with Crippen molar-refractivity contribution >= 4 is 0 Å². The highest BCUT2D eigenvalue weighted by atomic mass is 16.5. The highest BCUT2D eigenvalue weighted by Crippen LogP contribution is 2.26. The maximum Gasteiger partial charge on any atom is 0.122 e. The van der Waals surface area contributed by atoms with Gasteiger partial charge in [-0.05, 0) is 36.6 Å². The third-order valence-electron chi connectivity index (χ3n) is 4.08. The van der Waals surface area contributed by atoms with Crippen molar-refractivity contribution in [2.45, 2.75) is 32.7 Å². The lowest BCUT2D eigenvalue weighted by Crippen LogP contribution is -2.42. The van der Waals surface area contributed by atoms with Crippen LogP contribution in [0.4, 0.5) is 0 Å². The molecule has 1 aliphatic rings. The third kappa shape index (κ3) is 3.48. The van der Waals surface area contributed by atoms with Gasteiger partial charge in [0.15, 0.2) is 0 Å². The van der Waals surface area contributed by atoms with Gasteiger partial charge in [-0.15, -0.1) is 0 Å². The van der Waals surface area contributed by atoms with E-state index in [9.17, 15) is 0 Å². The first-order valence-electron chi connectivity index (χ1n) is 7.26. The van der Waals surface area contributed by atoms with Crippen molar-refractivity contribution in [1.29, 1.82) is 0 Å². The van der Waals surface area contributed by atoms with Crippen molar-refractivity contribution in [1.82, 2.24) is 4.90 Å². The third-order valence-corrected chi connectivity index (χ3v) is 4.08. The number of fused-ring (bicyclic) bond motifs is 1. The van der Waals surface area contributed by atoms with E-state index in [1.807, 2.05) is 0 Å². The molecule has 3 heteroatoms. The fourth-order valence-electron chi connectivity index (χ4n) is 2.83. The van der Waals surface area contributed by atoms with Gasteiger partial charge in [0.1, 0.15) is 5.75 Å². The zero-order valence-electron chi connectivity index (χ0n) is 12.4. The van der Waals surface area contributed by atoms with Gasteiger partial charge in [-0.2, -0.15) is 0 Å². The minimum absolute atomic E-state index is 0.470. The van der Waals surface area contributed by atoms with Gasteiger partial charge in [-0.3, -0.25) is 0 Å². The van der Waals surface area contributed by atoms with E-state index in [-0.39, 0.29) is 0 Å². The second-order valence-corrected chi connectivity index (χ2v) is 5.82. The molecule has 0 aliphatic carbocycles. The summed E-state index contributed by atoms with van der Waals surface area (Å²) in [7, 11) is 2.17. The second-order valence-electron chi connectivity index (χ2n) is 5.82. The highest BCUT2D eigenvalue weighted by Gasteiger charge is 2.17. The first-order valence-corrected chi connectivity index (χ1v) is 7.26. The zero-order chi connectivity index (χ0) is 13.8. The molecule has 1 heterocycles. The summed E-state index contributed by atoms with van der Waals surface area (Å²) in [6.45, 7) is 7.09. The van der Waals surface area contributed by atoms with Crippen LogP contribution >= 0.6 is 0 Å². The fourth-order valence-corrected chi connectivity index (χ4v) is 2.83. The van der Waals surface area contributed by atoms with Gasteiger partial charge < -0.3 is 15.4 Å². The number of hydrogen-bond donors (Lipinski definition) is 1. The van der Waals surface area contributed by atoms with Crippen LogP contribution in [0.25, 0.3) is 0 Å². The number of nitrogens with two attached hydrogens (primary N) is 1. The minimum Gasteiger partial charge on any atom is -0.493 e. The molecular formula is C16H26N2O. The Hall–Kier alpha value is -1.06. The van der Waals surface area contributed by atoms with Crippen LogP contribution in [-0.2, 0) is 12.8 Å². The molecule has 19 heavy (non-hydrogen) atoms. The van der Waals surface area contributed by atoms with E-state index in [2.05, 4.69) is 44.0 Å². The van der Waals surface area contributed by atoms with Crippen molar-refractivity contribution in [3.05, 3.63) is 29.3 Å². The molecule has 3 nitrogen and oxygen atoms in total. The van der Waals surface area contributed by atoms with E-state index in [0.29, 0.717) is 12.0 Å². The molecule has 0 fully saturated rings. The Labute approximate surface area is 116 Å². The van der Waals surface area contributed by atoms with E-state index in [4.69, 9.17) is 10.5 Å². The number of ether oxygens (including phenoxy) is 1. The summed E-state index contributed by atoms with van der Waals surface area (Å²) in [4.78, 5) is 2.38. The van der Waals surface area contributed by atoms with E-state index in [0.717, 1.165) is 38.3 Å². The average molecular weight is 262 g/mol. The molecule has 1 aliphatic heterocycles. The predicted molar refractivity (Wildman–Crippen MR) is 79.7 cm³/mol. The standard InChI is InChI=1S/C16H26N2O/c1-12(2)15(11-17)18(3)8-6-13-4-5-16-14(10-13)7-9-19-16/h4-5,10,12,15H,6-9,11,17H2,1-3H3. The van der Waals surface area contributed by atoms with E-state index in [1.165, 1.54) is 11.1 Å². The highest BCUT2D eigenvalue weighted by molar-refractivity contribution is 5.39.